The summed E-state index contributed by atoms with van der Waals surface area (Å²) >= 11 is 0. The minimum atomic E-state index is -2.29. The lowest BCUT2D eigenvalue weighted by atomic mass is 10.1. The molecule has 0 saturated heterocycles. The van der Waals surface area contributed by atoms with Gasteiger partial charge in [-0.3, -0.25) is 0 Å². The molecule has 0 amide bonds. The van der Waals surface area contributed by atoms with E-state index in [4.69, 9.17) is 18.6 Å². The first-order chi connectivity index (χ1) is 20.5. The topological polar surface area (TPSA) is 86.5 Å². The highest BCUT2D eigenvalue weighted by Crippen LogP contribution is 2.39. The number of esters is 1. The van der Waals surface area contributed by atoms with E-state index >= 15 is 4.39 Å². The van der Waals surface area contributed by atoms with Crippen molar-refractivity contribution in [3.05, 3.63) is 101 Å². The van der Waals surface area contributed by atoms with Gasteiger partial charge < -0.3 is 18.9 Å². The SMILES string of the molecule is Cc1cccc(Cc2nc(-c3cccc(O[Si](C)(C)C(C)(C)C)c3F)cnc2N/C(=C/c2ccco2)C(=O)OC(C)(C)C)c1. The third kappa shape index (κ3) is 8.22. The van der Waals surface area contributed by atoms with Crippen LogP contribution in [0.15, 0.2) is 77.2 Å². The van der Waals surface area contributed by atoms with Gasteiger partial charge in [0.1, 0.15) is 22.8 Å². The van der Waals surface area contributed by atoms with E-state index < -0.39 is 25.7 Å². The molecule has 2 aromatic heterocycles. The van der Waals surface area contributed by atoms with Crippen molar-refractivity contribution in [1.29, 1.82) is 0 Å². The summed E-state index contributed by atoms with van der Waals surface area (Å²) < 4.78 is 33.5. The molecule has 4 aromatic rings. The molecule has 7 nitrogen and oxygen atoms in total. The molecule has 1 N–H and O–H groups in total. The average Bonchev–Trinajstić information content (AvgIpc) is 3.42. The maximum absolute atomic E-state index is 16.0. The smallest absolute Gasteiger partial charge is 0.355 e. The van der Waals surface area contributed by atoms with E-state index in [0.29, 0.717) is 29.4 Å². The average molecular weight is 616 g/mol. The number of aryl methyl sites for hydroxylation is 1. The summed E-state index contributed by atoms with van der Waals surface area (Å²) in [6, 6.07) is 16.6. The Labute approximate surface area is 260 Å². The van der Waals surface area contributed by atoms with Gasteiger partial charge in [-0.1, -0.05) is 56.7 Å². The van der Waals surface area contributed by atoms with Crippen molar-refractivity contribution in [3.8, 4) is 17.0 Å². The predicted molar refractivity (Wildman–Crippen MR) is 175 cm³/mol. The maximum Gasteiger partial charge on any atom is 0.355 e. The summed E-state index contributed by atoms with van der Waals surface area (Å²) in [6.45, 7) is 17.9. The molecule has 232 valence electrons. The molecule has 4 rings (SSSR count). The number of carbonyl (C=O) groups excluding carboxylic acids is 1. The highest BCUT2D eigenvalue weighted by atomic mass is 28.4. The zero-order valence-electron chi connectivity index (χ0n) is 27.0. The first-order valence-corrected chi connectivity index (χ1v) is 17.6. The van der Waals surface area contributed by atoms with Crippen LogP contribution in [0.4, 0.5) is 10.2 Å². The fourth-order valence-electron chi connectivity index (χ4n) is 4.14. The Bertz CT molecular complexity index is 1650. The number of nitrogens with zero attached hydrogens (tertiary/aromatic N) is 2. The molecule has 0 unspecified atom stereocenters. The van der Waals surface area contributed by atoms with Gasteiger partial charge in [0.25, 0.3) is 8.32 Å². The number of rotatable bonds is 9. The Balaban J connectivity index is 1.79. The number of anilines is 1. The van der Waals surface area contributed by atoms with E-state index in [1.807, 2.05) is 25.1 Å². The molecule has 0 bridgehead atoms. The van der Waals surface area contributed by atoms with Gasteiger partial charge in [0.2, 0.25) is 0 Å². The van der Waals surface area contributed by atoms with Crippen molar-refractivity contribution >= 4 is 26.2 Å². The van der Waals surface area contributed by atoms with Crippen LogP contribution in [-0.4, -0.2) is 29.9 Å². The molecule has 9 heteroatoms. The Hall–Kier alpha value is -4.24. The molecule has 0 atom stereocenters. The number of halogens is 1. The number of carbonyl (C=O) groups is 1. The lowest BCUT2D eigenvalue weighted by Crippen LogP contribution is -2.44. The Morgan fingerprint density at radius 2 is 1.77 bits per heavy atom. The highest BCUT2D eigenvalue weighted by molar-refractivity contribution is 6.74. The number of hydrogen-bond acceptors (Lipinski definition) is 7. The Kier molecular flexibility index (Phi) is 9.49. The molecule has 2 heterocycles. The summed E-state index contributed by atoms with van der Waals surface area (Å²) in [4.78, 5) is 22.8. The summed E-state index contributed by atoms with van der Waals surface area (Å²) in [6.07, 6.45) is 4.96. The molecule has 0 saturated carbocycles. The van der Waals surface area contributed by atoms with Crippen LogP contribution in [-0.2, 0) is 16.0 Å². The van der Waals surface area contributed by atoms with Crippen LogP contribution in [0.2, 0.25) is 18.1 Å². The third-order valence-corrected chi connectivity index (χ3v) is 11.8. The van der Waals surface area contributed by atoms with E-state index in [1.54, 1.807) is 57.2 Å². The lowest BCUT2D eigenvalue weighted by Gasteiger charge is -2.36. The van der Waals surface area contributed by atoms with Crippen molar-refractivity contribution in [3.63, 3.8) is 0 Å². The van der Waals surface area contributed by atoms with Crippen molar-refractivity contribution < 1.29 is 22.8 Å². The van der Waals surface area contributed by atoms with Crippen LogP contribution >= 0.6 is 0 Å². The van der Waals surface area contributed by atoms with Crippen molar-refractivity contribution in [1.82, 2.24) is 9.97 Å². The number of aromatic nitrogens is 2. The fourth-order valence-corrected chi connectivity index (χ4v) is 5.15. The summed E-state index contributed by atoms with van der Waals surface area (Å²) in [5.41, 5.74) is 2.64. The molecule has 2 aromatic carbocycles. The Morgan fingerprint density at radius 3 is 2.41 bits per heavy atom. The summed E-state index contributed by atoms with van der Waals surface area (Å²) in [5, 5.41) is 3.04. The van der Waals surface area contributed by atoms with Crippen LogP contribution in [0.25, 0.3) is 17.3 Å². The molecular weight excluding hydrogens is 573 g/mol. The van der Waals surface area contributed by atoms with Crippen molar-refractivity contribution in [2.45, 2.75) is 78.6 Å². The van der Waals surface area contributed by atoms with Crippen LogP contribution < -0.4 is 9.74 Å². The maximum atomic E-state index is 16.0. The van der Waals surface area contributed by atoms with Crippen LogP contribution in [0, 0.1) is 12.7 Å². The molecule has 0 spiro atoms. The molecular formula is C35H42FN3O4Si. The van der Waals surface area contributed by atoms with Gasteiger partial charge >= 0.3 is 5.97 Å². The zero-order valence-corrected chi connectivity index (χ0v) is 28.0. The first kappa shape index (κ1) is 32.7. The van der Waals surface area contributed by atoms with Gasteiger partial charge in [-0.2, -0.15) is 0 Å². The monoisotopic (exact) mass is 615 g/mol. The molecule has 0 aliphatic carbocycles. The van der Waals surface area contributed by atoms with Crippen LogP contribution in [0.5, 0.6) is 5.75 Å². The van der Waals surface area contributed by atoms with Gasteiger partial charge in [0.05, 0.1) is 23.8 Å². The number of ether oxygens (including phenoxy) is 1. The molecule has 0 aliphatic rings. The van der Waals surface area contributed by atoms with Gasteiger partial charge in [-0.25, -0.2) is 19.2 Å². The van der Waals surface area contributed by atoms with E-state index in [0.717, 1.165) is 11.1 Å². The second-order valence-corrected chi connectivity index (χ2v) is 18.1. The van der Waals surface area contributed by atoms with Gasteiger partial charge in [-0.15, -0.1) is 0 Å². The third-order valence-electron chi connectivity index (χ3n) is 7.41. The number of benzene rings is 2. The van der Waals surface area contributed by atoms with Gasteiger partial charge in [0, 0.05) is 18.1 Å². The minimum Gasteiger partial charge on any atom is -0.542 e. The van der Waals surface area contributed by atoms with E-state index in [-0.39, 0.29) is 22.0 Å². The first-order valence-electron chi connectivity index (χ1n) is 14.7. The number of furan rings is 1. The quantitative estimate of drug-likeness (QED) is 0.114. The lowest BCUT2D eigenvalue weighted by molar-refractivity contribution is -0.149. The summed E-state index contributed by atoms with van der Waals surface area (Å²) in [5.74, 6) is -0.0625. The van der Waals surface area contributed by atoms with Crippen LogP contribution in [0.3, 0.4) is 0 Å². The van der Waals surface area contributed by atoms with Crippen molar-refractivity contribution in [2.24, 2.45) is 0 Å². The number of nitrogens with one attached hydrogen (secondary N) is 1. The fraction of sp³-hybridized carbons (Fsp3) is 0.343. The van der Waals surface area contributed by atoms with Gasteiger partial charge in [-0.05, 0) is 75.7 Å². The largest absolute Gasteiger partial charge is 0.542 e. The van der Waals surface area contributed by atoms with Crippen molar-refractivity contribution in [2.75, 3.05) is 5.32 Å². The normalized spacial score (nSPS) is 12.6. The zero-order chi connectivity index (χ0) is 32.3. The highest BCUT2D eigenvalue weighted by Gasteiger charge is 2.39. The molecule has 0 fully saturated rings. The van der Waals surface area contributed by atoms with E-state index in [9.17, 15) is 4.79 Å². The molecule has 44 heavy (non-hydrogen) atoms. The molecule has 0 radical (unpaired) electrons. The standard InChI is InChI=1S/C35H42FN3O4Si/c1-23-13-10-14-24(19-23)20-27-32(39-28(21-25-15-12-18-41-25)33(40)42-34(2,3)4)37-22-29(38-27)26-16-11-17-30(31(26)36)43-44(8,9)35(5,6)7/h10-19,21-22H,20H2,1-9H3,(H,37,39)/b28-21+. The minimum absolute atomic E-state index is 0.0986. The van der Waals surface area contributed by atoms with Gasteiger partial charge in [0.15, 0.2) is 11.6 Å². The van der Waals surface area contributed by atoms with E-state index in [2.05, 4.69) is 50.2 Å². The van der Waals surface area contributed by atoms with E-state index in [1.165, 1.54) is 12.5 Å². The predicted octanol–water partition coefficient (Wildman–Crippen LogP) is 8.95. The van der Waals surface area contributed by atoms with Crippen LogP contribution in [0.1, 0.15) is 64.1 Å². The second-order valence-electron chi connectivity index (χ2n) is 13.4. The summed E-state index contributed by atoms with van der Waals surface area (Å²) in [7, 11) is -2.29. The second kappa shape index (κ2) is 12.8. The Morgan fingerprint density at radius 1 is 1.05 bits per heavy atom. The number of hydrogen-bond donors (Lipinski definition) is 1. The molecule has 0 aliphatic heterocycles.